The van der Waals surface area contributed by atoms with E-state index in [0.29, 0.717) is 12.1 Å². The molecule has 0 aliphatic heterocycles. The number of halogens is 3. The van der Waals surface area contributed by atoms with E-state index in [1.165, 1.54) is 6.07 Å². The maximum atomic E-state index is 12.3. The van der Waals surface area contributed by atoms with Crippen molar-refractivity contribution < 1.29 is 13.5 Å². The van der Waals surface area contributed by atoms with E-state index in [2.05, 4.69) is 37.6 Å². The molecule has 4 nitrogen and oxygen atoms in total. The molecule has 0 saturated heterocycles. The lowest BCUT2D eigenvalue weighted by Crippen LogP contribution is -2.32. The van der Waals surface area contributed by atoms with Gasteiger partial charge in [0.2, 0.25) is 0 Å². The molecule has 0 saturated carbocycles. The Bertz CT molecular complexity index is 506. The first-order chi connectivity index (χ1) is 9.38. The number of nitrogens with one attached hydrogen (secondary N) is 1. The molecule has 0 atom stereocenters. The van der Waals surface area contributed by atoms with E-state index < -0.39 is 6.61 Å². The zero-order valence-electron chi connectivity index (χ0n) is 11.0. The van der Waals surface area contributed by atoms with Crippen molar-refractivity contribution in [3.63, 3.8) is 0 Å². The first-order valence-corrected chi connectivity index (χ1v) is 6.59. The van der Waals surface area contributed by atoms with Gasteiger partial charge in [-0.25, -0.2) is 4.99 Å². The van der Waals surface area contributed by atoms with Gasteiger partial charge in [0.1, 0.15) is 5.75 Å². The Labute approximate surface area is 124 Å². The highest BCUT2D eigenvalue weighted by Gasteiger charge is 2.10. The number of aliphatic imine (C=N–C) groups is 1. The van der Waals surface area contributed by atoms with Gasteiger partial charge in [-0.15, -0.1) is 0 Å². The third-order valence-corrected chi connectivity index (χ3v) is 2.72. The summed E-state index contributed by atoms with van der Waals surface area (Å²) < 4.78 is 29.8. The minimum Gasteiger partial charge on any atom is -0.434 e. The van der Waals surface area contributed by atoms with Crippen LogP contribution in [0, 0.1) is 0 Å². The van der Waals surface area contributed by atoms with Crippen LogP contribution in [0.4, 0.5) is 8.78 Å². The van der Waals surface area contributed by atoms with Crippen LogP contribution in [0.1, 0.15) is 12.5 Å². The number of nitrogens with two attached hydrogens (primary N) is 1. The summed E-state index contributed by atoms with van der Waals surface area (Å²) in [6, 6.07) is 4.74. The smallest absolute Gasteiger partial charge is 0.387 e. The second-order valence-electron chi connectivity index (χ2n) is 4.14. The number of hydrogen-bond acceptors (Lipinski definition) is 2. The Morgan fingerprint density at radius 1 is 1.55 bits per heavy atom. The summed E-state index contributed by atoms with van der Waals surface area (Å²) in [6.07, 6.45) is 0. The van der Waals surface area contributed by atoms with Crippen LogP contribution in [0.5, 0.6) is 5.75 Å². The fourth-order valence-corrected chi connectivity index (χ4v) is 1.76. The fraction of sp³-hybridized carbons (Fsp3) is 0.308. The van der Waals surface area contributed by atoms with E-state index in [0.717, 1.165) is 10.0 Å². The maximum Gasteiger partial charge on any atom is 0.387 e. The van der Waals surface area contributed by atoms with Crippen LogP contribution in [0.25, 0.3) is 0 Å². The lowest BCUT2D eigenvalue weighted by Gasteiger charge is -2.10. The Hall–Kier alpha value is -1.63. The molecule has 0 heterocycles. The lowest BCUT2D eigenvalue weighted by molar-refractivity contribution is -0.0504. The average molecular weight is 348 g/mol. The molecular formula is C13H16BrF2N3O. The molecule has 0 unspecified atom stereocenters. The predicted molar refractivity (Wildman–Crippen MR) is 78.9 cm³/mol. The number of alkyl halides is 2. The zero-order chi connectivity index (χ0) is 15.1. The van der Waals surface area contributed by atoms with Gasteiger partial charge in [-0.3, -0.25) is 0 Å². The molecular weight excluding hydrogens is 332 g/mol. The topological polar surface area (TPSA) is 59.6 Å². The first-order valence-electron chi connectivity index (χ1n) is 5.80. The zero-order valence-corrected chi connectivity index (χ0v) is 12.6. The van der Waals surface area contributed by atoms with Crippen LogP contribution in [-0.4, -0.2) is 19.1 Å². The number of hydrogen-bond donors (Lipinski definition) is 2. The third-order valence-electron chi connectivity index (χ3n) is 2.23. The Balaban J connectivity index is 2.77. The Morgan fingerprint density at radius 2 is 2.25 bits per heavy atom. The summed E-state index contributed by atoms with van der Waals surface area (Å²) in [7, 11) is 0. The number of rotatable bonds is 6. The van der Waals surface area contributed by atoms with Gasteiger partial charge in [0.15, 0.2) is 5.96 Å². The highest BCUT2D eigenvalue weighted by molar-refractivity contribution is 9.10. The number of nitrogens with zero attached hydrogens (tertiary/aromatic N) is 1. The standard InChI is InChI=1S/C13H16BrF2N3O/c1-8(2)6-18-13(17)19-7-9-5-10(14)3-4-11(9)20-12(15)16/h3-5,12H,1,6-7H2,2H3,(H3,17,18,19). The monoisotopic (exact) mass is 347 g/mol. The van der Waals surface area contributed by atoms with Gasteiger partial charge in [0.25, 0.3) is 0 Å². The second kappa shape index (κ2) is 7.84. The molecule has 20 heavy (non-hydrogen) atoms. The van der Waals surface area contributed by atoms with Crippen molar-refractivity contribution in [2.75, 3.05) is 6.54 Å². The van der Waals surface area contributed by atoms with E-state index in [1.54, 1.807) is 12.1 Å². The summed E-state index contributed by atoms with van der Waals surface area (Å²) in [5, 5.41) is 2.85. The average Bonchev–Trinajstić information content (AvgIpc) is 2.36. The summed E-state index contributed by atoms with van der Waals surface area (Å²) in [6.45, 7) is 3.34. The van der Waals surface area contributed by atoms with Gasteiger partial charge in [-0.2, -0.15) is 8.78 Å². The minimum atomic E-state index is -2.88. The van der Waals surface area contributed by atoms with E-state index >= 15 is 0 Å². The van der Waals surface area contributed by atoms with Crippen molar-refractivity contribution in [3.05, 3.63) is 40.4 Å². The Morgan fingerprint density at radius 3 is 2.85 bits per heavy atom. The van der Waals surface area contributed by atoms with E-state index in [-0.39, 0.29) is 18.3 Å². The van der Waals surface area contributed by atoms with E-state index in [9.17, 15) is 8.78 Å². The fourth-order valence-electron chi connectivity index (χ4n) is 1.35. The number of benzene rings is 1. The predicted octanol–water partition coefficient (Wildman–Crippen LogP) is 3.03. The Kier molecular flexibility index (Phi) is 6.44. The third kappa shape index (κ3) is 6.01. The number of ether oxygens (including phenoxy) is 1. The summed E-state index contributed by atoms with van der Waals surface area (Å²) in [5.74, 6) is 0.302. The number of guanidine groups is 1. The van der Waals surface area contributed by atoms with Gasteiger partial charge < -0.3 is 15.8 Å². The highest BCUT2D eigenvalue weighted by Crippen LogP contribution is 2.25. The molecule has 7 heteroatoms. The molecule has 0 bridgehead atoms. The maximum absolute atomic E-state index is 12.3. The summed E-state index contributed by atoms with van der Waals surface area (Å²) in [4.78, 5) is 4.07. The molecule has 0 radical (unpaired) electrons. The minimum absolute atomic E-state index is 0.0830. The largest absolute Gasteiger partial charge is 0.434 e. The lowest BCUT2D eigenvalue weighted by atomic mass is 10.2. The molecule has 1 rings (SSSR count). The van der Waals surface area contributed by atoms with Crippen LogP contribution < -0.4 is 15.8 Å². The van der Waals surface area contributed by atoms with Gasteiger partial charge in [-0.05, 0) is 25.1 Å². The molecule has 0 spiro atoms. The van der Waals surface area contributed by atoms with E-state index in [4.69, 9.17) is 5.73 Å². The first kappa shape index (κ1) is 16.4. The van der Waals surface area contributed by atoms with Crippen molar-refractivity contribution in [1.29, 1.82) is 0 Å². The quantitative estimate of drug-likeness (QED) is 0.472. The van der Waals surface area contributed by atoms with Crippen molar-refractivity contribution in [1.82, 2.24) is 5.32 Å². The molecule has 110 valence electrons. The molecule has 1 aromatic carbocycles. The van der Waals surface area contributed by atoms with Crippen LogP contribution in [0.3, 0.4) is 0 Å². The molecule has 0 aromatic heterocycles. The van der Waals surface area contributed by atoms with Gasteiger partial charge in [0, 0.05) is 16.6 Å². The van der Waals surface area contributed by atoms with Gasteiger partial charge >= 0.3 is 6.61 Å². The molecule has 0 aliphatic carbocycles. The molecule has 0 fully saturated rings. The van der Waals surface area contributed by atoms with Gasteiger partial charge in [-0.1, -0.05) is 28.1 Å². The molecule has 0 amide bonds. The molecule has 0 aliphatic rings. The van der Waals surface area contributed by atoms with Crippen LogP contribution >= 0.6 is 15.9 Å². The van der Waals surface area contributed by atoms with Gasteiger partial charge in [0.05, 0.1) is 6.54 Å². The molecule has 3 N–H and O–H groups in total. The van der Waals surface area contributed by atoms with Crippen LogP contribution in [0.15, 0.2) is 39.8 Å². The van der Waals surface area contributed by atoms with Crippen molar-refractivity contribution in [2.24, 2.45) is 10.7 Å². The van der Waals surface area contributed by atoms with Crippen LogP contribution in [-0.2, 0) is 6.54 Å². The highest BCUT2D eigenvalue weighted by atomic mass is 79.9. The summed E-state index contributed by atoms with van der Waals surface area (Å²) >= 11 is 3.27. The SMILES string of the molecule is C=C(C)CNC(N)=NCc1cc(Br)ccc1OC(F)F. The van der Waals surface area contributed by atoms with Crippen molar-refractivity contribution in [2.45, 2.75) is 20.1 Å². The summed E-state index contributed by atoms with van der Waals surface area (Å²) in [5.41, 5.74) is 7.08. The molecule has 1 aromatic rings. The van der Waals surface area contributed by atoms with Crippen molar-refractivity contribution >= 4 is 21.9 Å². The normalized spacial score (nSPS) is 11.6. The second-order valence-corrected chi connectivity index (χ2v) is 5.06. The van der Waals surface area contributed by atoms with Crippen molar-refractivity contribution in [3.8, 4) is 5.75 Å². The van der Waals surface area contributed by atoms with Crippen LogP contribution in [0.2, 0.25) is 0 Å². The van der Waals surface area contributed by atoms with E-state index in [1.807, 2.05) is 6.92 Å².